The predicted molar refractivity (Wildman–Crippen MR) is 68.9 cm³/mol. The lowest BCUT2D eigenvalue weighted by Crippen LogP contribution is -2.10. The van der Waals surface area contributed by atoms with Crippen molar-refractivity contribution in [3.63, 3.8) is 0 Å². The molecule has 1 heterocycles. The third kappa shape index (κ3) is 3.25. The normalized spacial score (nSPS) is 12.5. The van der Waals surface area contributed by atoms with Gasteiger partial charge in [-0.25, -0.2) is 4.39 Å². The van der Waals surface area contributed by atoms with Crippen molar-refractivity contribution in [1.82, 2.24) is 14.8 Å². The summed E-state index contributed by atoms with van der Waals surface area (Å²) in [7, 11) is -3.98. The third-order valence-electron chi connectivity index (χ3n) is 2.82. The van der Waals surface area contributed by atoms with Gasteiger partial charge in [0.1, 0.15) is 16.4 Å². The molecule has 2 aromatic rings. The highest BCUT2D eigenvalue weighted by molar-refractivity contribution is 7.86. The molecular weight excluding hydrogens is 347 g/mol. The van der Waals surface area contributed by atoms with E-state index in [1.54, 1.807) is 0 Å². The number of hydrogen-bond donors (Lipinski definition) is 1. The van der Waals surface area contributed by atoms with Crippen LogP contribution < -0.4 is 5.32 Å². The van der Waals surface area contributed by atoms with E-state index in [9.17, 15) is 29.9 Å². The van der Waals surface area contributed by atoms with Crippen molar-refractivity contribution in [3.05, 3.63) is 29.3 Å². The van der Waals surface area contributed by atoms with Crippen LogP contribution in [0.5, 0.6) is 0 Å². The molecule has 12 heteroatoms. The molecule has 6 nitrogen and oxygen atoms in total. The van der Waals surface area contributed by atoms with Crippen LogP contribution in [0.4, 0.5) is 27.4 Å². The van der Waals surface area contributed by atoms with Crippen LogP contribution >= 0.6 is 0 Å². The highest BCUT2D eigenvalue weighted by atomic mass is 32.3. The van der Waals surface area contributed by atoms with Crippen molar-refractivity contribution in [2.45, 2.75) is 18.0 Å². The van der Waals surface area contributed by atoms with E-state index >= 15 is 0 Å². The van der Waals surface area contributed by atoms with Gasteiger partial charge in [-0.15, -0.1) is 8.98 Å². The minimum Gasteiger partial charge on any atom is -0.357 e. The van der Waals surface area contributed by atoms with Crippen LogP contribution in [0.1, 0.15) is 11.4 Å². The zero-order valence-corrected chi connectivity index (χ0v) is 12.4. The van der Waals surface area contributed by atoms with Crippen LogP contribution in [0.3, 0.4) is 0 Å². The summed E-state index contributed by atoms with van der Waals surface area (Å²) in [6.45, 7) is 1.14. The number of nitrogens with one attached hydrogen (secondary N) is 1. The maximum Gasteiger partial charge on any atom is 0.453 e. The number of hydrogen-bond acceptors (Lipinski definition) is 5. The van der Waals surface area contributed by atoms with Crippen LogP contribution in [0, 0.1) is 12.7 Å². The maximum atomic E-state index is 14.0. The van der Waals surface area contributed by atoms with Gasteiger partial charge in [0.25, 0.3) is 5.82 Å². The van der Waals surface area contributed by atoms with E-state index in [2.05, 4.69) is 15.4 Å². The molecule has 0 amide bonds. The second kappa shape index (κ2) is 5.44. The zero-order chi connectivity index (χ0) is 17.6. The summed E-state index contributed by atoms with van der Waals surface area (Å²) in [4.78, 5) is 2.26. The molecular formula is C11H9F5N4O2S. The number of aryl methyl sites for hydroxylation is 1. The largest absolute Gasteiger partial charge is 0.453 e. The van der Waals surface area contributed by atoms with E-state index in [0.717, 1.165) is 6.92 Å². The Morgan fingerprint density at radius 3 is 2.35 bits per heavy atom. The van der Waals surface area contributed by atoms with Crippen LogP contribution in [0.15, 0.2) is 17.0 Å². The first-order valence-electron chi connectivity index (χ1n) is 5.92. The van der Waals surface area contributed by atoms with E-state index in [0.29, 0.717) is 16.8 Å². The molecule has 0 aliphatic carbocycles. The first kappa shape index (κ1) is 17.1. The molecule has 0 bridgehead atoms. The fourth-order valence-corrected chi connectivity index (χ4v) is 2.52. The molecule has 1 N–H and O–H groups in total. The van der Waals surface area contributed by atoms with E-state index in [1.807, 2.05) is 0 Å². The number of nitrogens with zero attached hydrogens (tertiary/aromatic N) is 3. The molecule has 0 atom stereocenters. The summed E-state index contributed by atoms with van der Waals surface area (Å²) in [6, 6.07) is 1.23. The minimum atomic E-state index is -5.19. The number of rotatable bonds is 3. The average Bonchev–Trinajstić information content (AvgIpc) is 2.81. The Balaban J connectivity index is 2.74. The number of aromatic nitrogens is 3. The number of anilines is 1. The van der Waals surface area contributed by atoms with E-state index in [4.69, 9.17) is 0 Å². The third-order valence-corrected chi connectivity index (χ3v) is 3.78. The molecule has 0 aliphatic rings. The molecule has 2 rings (SSSR count). The SMILES string of the molecule is CNc1nc(C(F)(F)F)nn1-c1cc(S(=O)(=O)F)c(C)cc1F. The van der Waals surface area contributed by atoms with Gasteiger partial charge in [-0.1, -0.05) is 0 Å². The van der Waals surface area contributed by atoms with Crippen molar-refractivity contribution in [2.75, 3.05) is 12.4 Å². The summed E-state index contributed by atoms with van der Waals surface area (Å²) in [5, 5.41) is 5.36. The second-order valence-electron chi connectivity index (χ2n) is 4.43. The standard InChI is InChI=1S/C11H9F5N4O2S/c1-5-3-6(12)7(4-8(5)23(16,21)22)20-10(17-2)18-9(19-20)11(13,14)15/h3-4H,1-2H3,(H,17,18,19). The molecule has 126 valence electrons. The Morgan fingerprint density at radius 1 is 1.26 bits per heavy atom. The molecule has 0 saturated heterocycles. The first-order chi connectivity index (χ1) is 10.4. The molecule has 0 saturated carbocycles. The maximum absolute atomic E-state index is 14.0. The summed E-state index contributed by atoms with van der Waals surface area (Å²) >= 11 is 0. The molecule has 0 aliphatic heterocycles. The Hall–Kier alpha value is -2.24. The molecule has 1 aromatic carbocycles. The van der Waals surface area contributed by atoms with Crippen LogP contribution in [-0.2, 0) is 16.4 Å². The minimum absolute atomic E-state index is 0.240. The van der Waals surface area contributed by atoms with Gasteiger partial charge in [0, 0.05) is 7.05 Å². The smallest absolute Gasteiger partial charge is 0.357 e. The monoisotopic (exact) mass is 356 g/mol. The molecule has 0 unspecified atom stereocenters. The van der Waals surface area contributed by atoms with E-state index < -0.39 is 44.6 Å². The summed E-state index contributed by atoms with van der Waals surface area (Å²) in [6.07, 6.45) is -4.90. The Bertz CT molecular complexity index is 860. The lowest BCUT2D eigenvalue weighted by atomic mass is 10.2. The van der Waals surface area contributed by atoms with Gasteiger partial charge in [0.05, 0.1) is 0 Å². The molecule has 0 spiro atoms. The van der Waals surface area contributed by atoms with Crippen molar-refractivity contribution in [2.24, 2.45) is 0 Å². The molecule has 23 heavy (non-hydrogen) atoms. The highest BCUT2D eigenvalue weighted by Gasteiger charge is 2.37. The van der Waals surface area contributed by atoms with Gasteiger partial charge in [-0.3, -0.25) is 0 Å². The van der Waals surface area contributed by atoms with E-state index in [1.165, 1.54) is 7.05 Å². The number of alkyl halides is 3. The average molecular weight is 356 g/mol. The van der Waals surface area contributed by atoms with Crippen molar-refractivity contribution >= 4 is 16.2 Å². The van der Waals surface area contributed by atoms with Crippen molar-refractivity contribution in [3.8, 4) is 5.69 Å². The fraction of sp³-hybridized carbons (Fsp3) is 0.273. The van der Waals surface area contributed by atoms with Crippen molar-refractivity contribution < 1.29 is 29.9 Å². The zero-order valence-electron chi connectivity index (χ0n) is 11.6. The second-order valence-corrected chi connectivity index (χ2v) is 5.74. The topological polar surface area (TPSA) is 76.9 Å². The number of benzene rings is 1. The quantitative estimate of drug-likeness (QED) is 0.675. The van der Waals surface area contributed by atoms with Gasteiger partial charge >= 0.3 is 16.4 Å². The summed E-state index contributed by atoms with van der Waals surface area (Å²) in [5.74, 6) is -3.15. The summed E-state index contributed by atoms with van der Waals surface area (Å²) < 4.78 is 87.6. The van der Waals surface area contributed by atoms with Crippen LogP contribution in [0.2, 0.25) is 0 Å². The lowest BCUT2D eigenvalue weighted by Gasteiger charge is -2.09. The molecule has 0 radical (unpaired) electrons. The molecule has 0 fully saturated rings. The van der Waals surface area contributed by atoms with Crippen molar-refractivity contribution in [1.29, 1.82) is 0 Å². The van der Waals surface area contributed by atoms with E-state index in [-0.39, 0.29) is 5.56 Å². The lowest BCUT2D eigenvalue weighted by molar-refractivity contribution is -0.144. The van der Waals surface area contributed by atoms with Crippen LogP contribution in [-0.4, -0.2) is 30.2 Å². The first-order valence-corrected chi connectivity index (χ1v) is 7.30. The highest BCUT2D eigenvalue weighted by Crippen LogP contribution is 2.30. The molecule has 1 aromatic heterocycles. The Kier molecular flexibility index (Phi) is 4.05. The summed E-state index contributed by atoms with van der Waals surface area (Å²) in [5.41, 5.74) is -0.935. The number of halogens is 5. The van der Waals surface area contributed by atoms with Gasteiger partial charge < -0.3 is 5.32 Å². The Labute approximate surface area is 127 Å². The van der Waals surface area contributed by atoms with Gasteiger partial charge in [0.15, 0.2) is 0 Å². The van der Waals surface area contributed by atoms with Gasteiger partial charge in [-0.2, -0.15) is 31.3 Å². The predicted octanol–water partition coefficient (Wildman–Crippen LogP) is 2.43. The fourth-order valence-electron chi connectivity index (χ4n) is 1.83. The Morgan fingerprint density at radius 2 is 1.87 bits per heavy atom. The van der Waals surface area contributed by atoms with Gasteiger partial charge in [-0.05, 0) is 24.6 Å². The van der Waals surface area contributed by atoms with Crippen LogP contribution in [0.25, 0.3) is 5.69 Å². The van der Waals surface area contributed by atoms with Gasteiger partial charge in [0.2, 0.25) is 5.95 Å².